The monoisotopic (exact) mass is 720 g/mol. The number of hydrogen-bond donors (Lipinski definition) is 1. The number of aromatic nitrogens is 1. The van der Waals surface area contributed by atoms with Crippen molar-refractivity contribution in [3.8, 4) is 11.5 Å². The Morgan fingerprint density at radius 3 is 2.35 bits per heavy atom. The molecule has 10 nitrogen and oxygen atoms in total. The molecule has 4 aliphatic rings. The summed E-state index contributed by atoms with van der Waals surface area (Å²) >= 11 is 26.8. The predicted octanol–water partition coefficient (Wildman–Crippen LogP) is 5.16. The van der Waals surface area contributed by atoms with Crippen LogP contribution in [-0.4, -0.2) is 74.6 Å². The van der Waals surface area contributed by atoms with E-state index in [-0.39, 0.29) is 39.9 Å². The van der Waals surface area contributed by atoms with Crippen LogP contribution in [0.15, 0.2) is 35.9 Å². The fraction of sp³-hybridized carbons (Fsp3) is 0.414. The number of phenolic OH excluding ortho intramolecular Hbond substituents is 1. The van der Waals surface area contributed by atoms with E-state index in [2.05, 4.69) is 4.98 Å². The van der Waals surface area contributed by atoms with Crippen LogP contribution in [0.4, 0.5) is 19.0 Å². The lowest BCUT2D eigenvalue weighted by Crippen LogP contribution is -2.60. The second-order valence-electron chi connectivity index (χ2n) is 11.6. The minimum absolute atomic E-state index is 0.0190. The van der Waals surface area contributed by atoms with Crippen LogP contribution in [0.5, 0.6) is 11.5 Å². The number of alkyl halides is 5. The number of rotatable bonds is 4. The molecule has 3 heterocycles. The number of benzene rings is 1. The molecule has 1 aromatic heterocycles. The van der Waals surface area contributed by atoms with Crippen molar-refractivity contribution in [2.75, 3.05) is 26.2 Å². The molecule has 244 valence electrons. The maximum Gasteiger partial charge on any atom is 0.433 e. The summed E-state index contributed by atoms with van der Waals surface area (Å²) in [6, 6.07) is 4.37. The van der Waals surface area contributed by atoms with Gasteiger partial charge in [-0.1, -0.05) is 34.9 Å². The maximum atomic E-state index is 14.2. The van der Waals surface area contributed by atoms with Gasteiger partial charge in [0.15, 0.2) is 27.1 Å². The number of imide groups is 2. The van der Waals surface area contributed by atoms with Gasteiger partial charge in [-0.3, -0.25) is 29.1 Å². The number of carbonyl (C=O) groups excluding carboxylic acids is 4. The molecule has 0 radical (unpaired) electrons. The zero-order valence-corrected chi connectivity index (χ0v) is 27.1. The Morgan fingerprint density at radius 1 is 1.04 bits per heavy atom. The Kier molecular flexibility index (Phi) is 7.55. The average Bonchev–Trinajstić information content (AvgIpc) is 3.32. The molecule has 0 bridgehead atoms. The number of carbonyl (C=O) groups is 4. The highest BCUT2D eigenvalue weighted by atomic mass is 35.5. The van der Waals surface area contributed by atoms with Crippen molar-refractivity contribution in [1.29, 1.82) is 0 Å². The fourth-order valence-corrected chi connectivity index (χ4v) is 8.69. The highest BCUT2D eigenvalue weighted by Gasteiger charge is 2.76. The van der Waals surface area contributed by atoms with Crippen molar-refractivity contribution in [2.24, 2.45) is 17.8 Å². The number of pyridine rings is 1. The smallest absolute Gasteiger partial charge is 0.433 e. The summed E-state index contributed by atoms with van der Waals surface area (Å²) in [5, 5.41) is 11.6. The number of phenols is 1. The number of methoxy groups -OCH3 is 1. The lowest BCUT2D eigenvalue weighted by Gasteiger charge is -2.50. The van der Waals surface area contributed by atoms with Gasteiger partial charge in [0.2, 0.25) is 0 Å². The van der Waals surface area contributed by atoms with Crippen LogP contribution in [0.3, 0.4) is 0 Å². The number of amides is 4. The highest BCUT2D eigenvalue weighted by Crippen LogP contribution is 2.65. The first-order valence-electron chi connectivity index (χ1n) is 13.7. The number of nitrogens with zero attached hydrogens (tertiary/aromatic N) is 4. The largest absolute Gasteiger partial charge is 0.503 e. The first-order valence-corrected chi connectivity index (χ1v) is 15.2. The molecule has 17 heteroatoms. The molecule has 2 aromatic rings. The van der Waals surface area contributed by atoms with Gasteiger partial charge in [0.25, 0.3) is 23.6 Å². The molecule has 2 aliphatic carbocycles. The van der Waals surface area contributed by atoms with Gasteiger partial charge in [-0.15, -0.1) is 23.2 Å². The van der Waals surface area contributed by atoms with E-state index in [9.17, 15) is 37.5 Å². The van der Waals surface area contributed by atoms with Crippen LogP contribution >= 0.6 is 46.4 Å². The molecule has 4 amide bonds. The molecule has 6 atom stereocenters. The minimum atomic E-state index is -4.83. The SMILES string of the molecule is COc1cc([C@H]2C3=CC[C@@H]4C(=O)N(N(C)c5nc(C(F)(F)F)ccc5Cl)C(=O)[C@@H]4[C@@H]3C[C@@]3(Cl)C(=O)N(C)C(=O)[C@@]23Cl)cc(Cl)c1O. The molecule has 1 N–H and O–H groups in total. The standard InChI is InChI=1S/C29H23Cl4F3N4O6/c1-38-25(44)27(32)10-14-12(20(28(27,33)26(38)45)11-8-16(31)21(41)17(9-11)46-3)4-5-13-19(14)24(43)40(23(13)42)39(2)22-15(30)6-7-18(37-22)29(34,35)36/h4,6-9,13-14,19-20,41H,5,10H2,1-3H3/t13-,14+,19-,20-,27+,28-/m0/s1. The zero-order valence-electron chi connectivity index (χ0n) is 24.0. The quantitative estimate of drug-likeness (QED) is 0.261. The van der Waals surface area contributed by atoms with Gasteiger partial charge in [0.05, 0.1) is 29.0 Å². The predicted molar refractivity (Wildman–Crippen MR) is 160 cm³/mol. The van der Waals surface area contributed by atoms with Gasteiger partial charge in [-0.25, -0.2) is 4.98 Å². The summed E-state index contributed by atoms with van der Waals surface area (Å²) in [6.07, 6.45) is -3.51. The molecule has 0 unspecified atom stereocenters. The van der Waals surface area contributed by atoms with E-state index in [1.54, 1.807) is 6.08 Å². The maximum absolute atomic E-state index is 14.2. The van der Waals surface area contributed by atoms with Gasteiger partial charge >= 0.3 is 6.18 Å². The van der Waals surface area contributed by atoms with Crippen molar-refractivity contribution in [3.63, 3.8) is 0 Å². The Bertz CT molecular complexity index is 1770. The molecule has 2 saturated heterocycles. The number of hydrazine groups is 1. The van der Waals surface area contributed by atoms with E-state index in [4.69, 9.17) is 51.1 Å². The number of likely N-dealkylation sites (tertiary alicyclic amines) is 1. The van der Waals surface area contributed by atoms with Crippen LogP contribution in [0.25, 0.3) is 0 Å². The highest BCUT2D eigenvalue weighted by molar-refractivity contribution is 6.53. The third kappa shape index (κ3) is 4.27. The first-order chi connectivity index (χ1) is 21.4. The van der Waals surface area contributed by atoms with Crippen molar-refractivity contribution in [1.82, 2.24) is 14.9 Å². The van der Waals surface area contributed by atoms with Crippen LogP contribution in [-0.2, 0) is 25.4 Å². The number of allylic oxidation sites excluding steroid dienone is 2. The zero-order chi connectivity index (χ0) is 33.8. The van der Waals surface area contributed by atoms with E-state index >= 15 is 0 Å². The van der Waals surface area contributed by atoms with E-state index in [1.807, 2.05) is 0 Å². The van der Waals surface area contributed by atoms with Crippen molar-refractivity contribution < 1.29 is 42.2 Å². The number of halogens is 7. The number of ether oxygens (including phenoxy) is 1. The number of hydrogen-bond acceptors (Lipinski definition) is 8. The summed E-state index contributed by atoms with van der Waals surface area (Å²) in [7, 11) is 3.69. The van der Waals surface area contributed by atoms with Crippen LogP contribution in [0, 0.1) is 17.8 Å². The first kappa shape index (κ1) is 32.7. The van der Waals surface area contributed by atoms with Gasteiger partial charge in [-0.05, 0) is 48.6 Å². The summed E-state index contributed by atoms with van der Waals surface area (Å²) < 4.78 is 45.7. The Labute approximate surface area is 279 Å². The van der Waals surface area contributed by atoms with E-state index in [1.165, 1.54) is 33.3 Å². The normalized spacial score (nSPS) is 30.7. The Morgan fingerprint density at radius 2 is 1.72 bits per heavy atom. The second kappa shape index (κ2) is 10.6. The molecule has 46 heavy (non-hydrogen) atoms. The topological polar surface area (TPSA) is 120 Å². The average molecular weight is 722 g/mol. The van der Waals surface area contributed by atoms with Gasteiger partial charge in [-0.2, -0.15) is 18.2 Å². The summed E-state index contributed by atoms with van der Waals surface area (Å²) in [6.45, 7) is 0. The molecular weight excluding hydrogens is 699 g/mol. The lowest BCUT2D eigenvalue weighted by atomic mass is 9.56. The molecule has 1 saturated carbocycles. The van der Waals surface area contributed by atoms with Crippen LogP contribution in [0.2, 0.25) is 10.0 Å². The molecule has 2 aliphatic heterocycles. The summed E-state index contributed by atoms with van der Waals surface area (Å²) in [5.41, 5.74) is -0.613. The molecule has 6 rings (SSSR count). The number of anilines is 1. The third-order valence-corrected chi connectivity index (χ3v) is 11.3. The minimum Gasteiger partial charge on any atom is -0.503 e. The fourth-order valence-electron chi connectivity index (χ4n) is 7.22. The number of aromatic hydroxyl groups is 1. The second-order valence-corrected chi connectivity index (χ2v) is 13.6. The van der Waals surface area contributed by atoms with Gasteiger partial charge < -0.3 is 9.84 Å². The molecule has 3 fully saturated rings. The van der Waals surface area contributed by atoms with Crippen LogP contribution < -0.4 is 9.75 Å². The lowest BCUT2D eigenvalue weighted by molar-refractivity contribution is -0.141. The third-order valence-electron chi connectivity index (χ3n) is 9.32. The summed E-state index contributed by atoms with van der Waals surface area (Å²) in [5.74, 6) is -8.35. The van der Waals surface area contributed by atoms with Crippen molar-refractivity contribution in [2.45, 2.75) is 34.7 Å². The van der Waals surface area contributed by atoms with Crippen molar-refractivity contribution >= 4 is 75.9 Å². The van der Waals surface area contributed by atoms with Gasteiger partial charge in [0, 0.05) is 20.0 Å². The Balaban J connectivity index is 1.48. The van der Waals surface area contributed by atoms with Gasteiger partial charge in [0.1, 0.15) is 5.69 Å². The molecule has 1 aromatic carbocycles. The summed E-state index contributed by atoms with van der Waals surface area (Å²) in [4.78, 5) is 55.5. The van der Waals surface area contributed by atoms with Crippen LogP contribution in [0.1, 0.15) is 30.0 Å². The van der Waals surface area contributed by atoms with E-state index in [0.29, 0.717) is 16.6 Å². The van der Waals surface area contributed by atoms with Crippen molar-refractivity contribution in [3.05, 3.63) is 57.2 Å². The van der Waals surface area contributed by atoms with E-state index in [0.717, 1.165) is 16.0 Å². The molecule has 0 spiro atoms. The Hall–Kier alpha value is -3.26. The molecular formula is C29H23Cl4F3N4O6. The number of fused-ring (bicyclic) bond motifs is 4. The van der Waals surface area contributed by atoms with E-state index < -0.39 is 74.7 Å².